The number of hydrogen-bond acceptors (Lipinski definition) is 0. The van der Waals surface area contributed by atoms with Gasteiger partial charge in [-0.25, -0.2) is 0 Å². The van der Waals surface area contributed by atoms with E-state index in [1.54, 1.807) is 55.7 Å². The largest absolute Gasteiger partial charge is 0.0661 e. The minimum atomic E-state index is 0.587. The minimum Gasteiger partial charge on any atom is -0.0661 e. The lowest BCUT2D eigenvalue weighted by atomic mass is 9.63. The van der Waals surface area contributed by atoms with Crippen LogP contribution in [0.15, 0.2) is 33.4 Å². The molecule has 4 aliphatic rings. The number of hydrogen-bond donors (Lipinski definition) is 0. The standard InChI is InChI=1S/C51H72/c1-22-24(3)32(11)44(33(12)25(22)4)48-38(17)28(7)36(15)46-42(30(9)40(19)50(46)48)21-43-31(10)41(20)51-47(43)37(16)29(8)39(18)49(51)45-34(13)26(5)23(2)27(6)35(45)14/h30-31,40-43,46-47,50-51H,21H2,1-20H3. The van der Waals surface area contributed by atoms with Crippen molar-refractivity contribution in [1.82, 2.24) is 0 Å². The molecular formula is C51H72. The highest BCUT2D eigenvalue weighted by Gasteiger charge is 2.56. The molecule has 2 saturated carbocycles. The van der Waals surface area contributed by atoms with Crippen LogP contribution in [-0.2, 0) is 0 Å². The molecule has 0 aromatic heterocycles. The van der Waals surface area contributed by atoms with E-state index in [4.69, 9.17) is 0 Å². The van der Waals surface area contributed by atoms with Gasteiger partial charge in [-0.3, -0.25) is 0 Å². The van der Waals surface area contributed by atoms with Gasteiger partial charge in [0.1, 0.15) is 0 Å². The maximum absolute atomic E-state index is 2.64. The lowest BCUT2D eigenvalue weighted by molar-refractivity contribution is 0.204. The summed E-state index contributed by atoms with van der Waals surface area (Å²) < 4.78 is 0. The fourth-order valence-corrected chi connectivity index (χ4v) is 12.9. The van der Waals surface area contributed by atoms with Crippen LogP contribution in [0.2, 0.25) is 0 Å². The van der Waals surface area contributed by atoms with E-state index in [-0.39, 0.29) is 0 Å². The Hall–Kier alpha value is -2.60. The topological polar surface area (TPSA) is 0 Å². The Morgan fingerprint density at radius 1 is 0.294 bits per heavy atom. The highest BCUT2D eigenvalue weighted by molar-refractivity contribution is 5.83. The summed E-state index contributed by atoms with van der Waals surface area (Å²) in [7, 11) is 0. The van der Waals surface area contributed by atoms with Gasteiger partial charge in [0.25, 0.3) is 0 Å². The maximum Gasteiger partial charge on any atom is -0.00563 e. The molecule has 10 unspecified atom stereocenters. The van der Waals surface area contributed by atoms with Gasteiger partial charge >= 0.3 is 0 Å². The summed E-state index contributed by atoms with van der Waals surface area (Å²) in [5.74, 6) is 6.51. The molecule has 0 N–H and O–H groups in total. The molecule has 0 spiro atoms. The number of fused-ring (bicyclic) bond motifs is 2. The molecule has 10 atom stereocenters. The molecule has 0 bridgehead atoms. The van der Waals surface area contributed by atoms with Gasteiger partial charge in [0.2, 0.25) is 0 Å². The van der Waals surface area contributed by atoms with E-state index in [0.29, 0.717) is 59.2 Å². The molecule has 0 saturated heterocycles. The second-order valence-corrected chi connectivity index (χ2v) is 18.8. The molecule has 0 nitrogen and oxygen atoms in total. The molecule has 0 amide bonds. The van der Waals surface area contributed by atoms with Crippen molar-refractivity contribution >= 4 is 11.1 Å². The fraction of sp³-hybridized carbons (Fsp3) is 0.608. The summed E-state index contributed by atoms with van der Waals surface area (Å²) in [4.78, 5) is 0. The van der Waals surface area contributed by atoms with Crippen LogP contribution in [0, 0.1) is 128 Å². The van der Waals surface area contributed by atoms with Crippen LogP contribution in [0.3, 0.4) is 0 Å². The van der Waals surface area contributed by atoms with Crippen LogP contribution in [0.1, 0.15) is 142 Å². The number of rotatable bonds is 4. The highest BCUT2D eigenvalue weighted by Crippen LogP contribution is 2.65. The van der Waals surface area contributed by atoms with Gasteiger partial charge in [0, 0.05) is 0 Å². The SMILES string of the molecule is CC1=C(c2c(C)c(C)c(C)c(C)c2C)C2C(C)C(C)C(CC3C(C)C(C)C4C(c5c(C)c(C)c(C)c(C)c5C)=C(C)C(C)=C(C)C34)C2C(C)=C1C. The average Bonchev–Trinajstić information content (AvgIpc) is 3.49. The Balaban J connectivity index is 1.47. The van der Waals surface area contributed by atoms with Crippen molar-refractivity contribution in [3.63, 3.8) is 0 Å². The summed E-state index contributed by atoms with van der Waals surface area (Å²) in [6.07, 6.45) is 1.35. The van der Waals surface area contributed by atoms with Crippen LogP contribution in [0.4, 0.5) is 0 Å². The Kier molecular flexibility index (Phi) is 9.76. The second-order valence-electron chi connectivity index (χ2n) is 18.8. The third-order valence-electron chi connectivity index (χ3n) is 17.7. The van der Waals surface area contributed by atoms with E-state index in [1.807, 2.05) is 0 Å². The zero-order chi connectivity index (χ0) is 38.0. The van der Waals surface area contributed by atoms with Gasteiger partial charge < -0.3 is 0 Å². The Labute approximate surface area is 314 Å². The first-order chi connectivity index (χ1) is 23.7. The van der Waals surface area contributed by atoms with Gasteiger partial charge in [-0.15, -0.1) is 0 Å². The molecule has 0 aliphatic heterocycles. The van der Waals surface area contributed by atoms with E-state index in [2.05, 4.69) is 138 Å². The maximum atomic E-state index is 2.64. The van der Waals surface area contributed by atoms with Crippen molar-refractivity contribution in [1.29, 1.82) is 0 Å². The van der Waals surface area contributed by atoms with Crippen LogP contribution >= 0.6 is 0 Å². The second kappa shape index (κ2) is 13.1. The van der Waals surface area contributed by atoms with Crippen molar-refractivity contribution in [2.45, 2.75) is 145 Å². The summed E-state index contributed by atoms with van der Waals surface area (Å²) in [5.41, 5.74) is 31.2. The predicted molar refractivity (Wildman–Crippen MR) is 224 cm³/mol. The monoisotopic (exact) mass is 685 g/mol. The zero-order valence-electron chi connectivity index (χ0n) is 36.5. The summed E-state index contributed by atoms with van der Waals surface area (Å²) in [5, 5.41) is 0. The molecule has 276 valence electrons. The van der Waals surface area contributed by atoms with E-state index in [1.165, 1.54) is 62.1 Å². The molecule has 0 radical (unpaired) electrons. The molecule has 2 aromatic rings. The minimum absolute atomic E-state index is 0.587. The lowest BCUT2D eigenvalue weighted by Gasteiger charge is -2.41. The van der Waals surface area contributed by atoms with Crippen molar-refractivity contribution in [2.75, 3.05) is 0 Å². The van der Waals surface area contributed by atoms with Gasteiger partial charge in [-0.05, 0) is 277 Å². The van der Waals surface area contributed by atoms with E-state index in [9.17, 15) is 0 Å². The van der Waals surface area contributed by atoms with Crippen LogP contribution in [0.25, 0.3) is 11.1 Å². The molecule has 4 aliphatic carbocycles. The zero-order valence-corrected chi connectivity index (χ0v) is 36.5. The molecule has 0 heteroatoms. The molecular weight excluding hydrogens is 613 g/mol. The highest BCUT2D eigenvalue weighted by atomic mass is 14.6. The van der Waals surface area contributed by atoms with Gasteiger partial charge in [-0.1, -0.05) is 38.8 Å². The van der Waals surface area contributed by atoms with Crippen LogP contribution in [-0.4, -0.2) is 0 Å². The summed E-state index contributed by atoms with van der Waals surface area (Å²) in [6.45, 7) is 49.2. The smallest absolute Gasteiger partial charge is 0.00563 e. The Morgan fingerprint density at radius 3 is 0.824 bits per heavy atom. The van der Waals surface area contributed by atoms with Crippen LogP contribution in [0.5, 0.6) is 0 Å². The third-order valence-corrected chi connectivity index (χ3v) is 17.7. The van der Waals surface area contributed by atoms with Crippen molar-refractivity contribution in [3.8, 4) is 0 Å². The molecule has 2 fully saturated rings. The fourth-order valence-electron chi connectivity index (χ4n) is 12.9. The molecule has 6 rings (SSSR count). The first kappa shape index (κ1) is 38.1. The normalized spacial score (nSPS) is 32.5. The number of benzene rings is 2. The van der Waals surface area contributed by atoms with Gasteiger partial charge in [0.05, 0.1) is 0 Å². The van der Waals surface area contributed by atoms with Crippen molar-refractivity contribution < 1.29 is 0 Å². The van der Waals surface area contributed by atoms with E-state index < -0.39 is 0 Å². The lowest BCUT2D eigenvalue weighted by Crippen LogP contribution is -2.30. The molecule has 0 heterocycles. The van der Waals surface area contributed by atoms with Crippen molar-refractivity contribution in [2.24, 2.45) is 59.2 Å². The Morgan fingerprint density at radius 2 is 0.549 bits per heavy atom. The van der Waals surface area contributed by atoms with Crippen molar-refractivity contribution in [3.05, 3.63) is 100 Å². The average molecular weight is 685 g/mol. The first-order valence-corrected chi connectivity index (χ1v) is 20.6. The summed E-state index contributed by atoms with van der Waals surface area (Å²) >= 11 is 0. The predicted octanol–water partition coefficient (Wildman–Crippen LogP) is 14.4. The Bertz CT molecular complexity index is 1760. The summed E-state index contributed by atoms with van der Waals surface area (Å²) in [6, 6.07) is 0. The van der Waals surface area contributed by atoms with Gasteiger partial charge in [-0.2, -0.15) is 0 Å². The quantitative estimate of drug-likeness (QED) is 0.301. The van der Waals surface area contributed by atoms with E-state index >= 15 is 0 Å². The van der Waals surface area contributed by atoms with Crippen LogP contribution < -0.4 is 0 Å². The number of allylic oxidation sites excluding steroid dienone is 8. The van der Waals surface area contributed by atoms with E-state index in [0.717, 1.165) is 0 Å². The molecule has 2 aromatic carbocycles. The molecule has 51 heavy (non-hydrogen) atoms. The third kappa shape index (κ3) is 5.18. The first-order valence-electron chi connectivity index (χ1n) is 20.6. The van der Waals surface area contributed by atoms with Gasteiger partial charge in [0.15, 0.2) is 0 Å².